The van der Waals surface area contributed by atoms with Crippen molar-refractivity contribution in [1.82, 2.24) is 35.7 Å². The van der Waals surface area contributed by atoms with Crippen LogP contribution in [0, 0.1) is 0 Å². The number of methoxy groups -OCH3 is 1. The lowest BCUT2D eigenvalue weighted by atomic mass is 9.97. The molecule has 246 valence electrons. The molecule has 0 saturated carbocycles. The van der Waals surface area contributed by atoms with Gasteiger partial charge in [-0.1, -0.05) is 54.1 Å². The number of halogens is 1. The second kappa shape index (κ2) is 16.4. The van der Waals surface area contributed by atoms with Crippen LogP contribution < -0.4 is 10.6 Å². The number of ether oxygens (including phenoxy) is 1. The average Bonchev–Trinajstić information content (AvgIpc) is 3.63. The van der Waals surface area contributed by atoms with Crippen molar-refractivity contribution in [3.63, 3.8) is 0 Å². The van der Waals surface area contributed by atoms with Crippen LogP contribution in [0.4, 0.5) is 10.5 Å². The summed E-state index contributed by atoms with van der Waals surface area (Å²) in [4.78, 5) is 25.1. The number of nitrogens with zero attached hydrogens (tertiary/aromatic N) is 6. The first-order chi connectivity index (χ1) is 23.3. The van der Waals surface area contributed by atoms with Gasteiger partial charge in [-0.05, 0) is 70.4 Å². The predicted octanol–water partition coefficient (Wildman–Crippen LogP) is 4.15. The van der Waals surface area contributed by atoms with E-state index in [1.165, 1.54) is 24.2 Å². The molecule has 5 aromatic rings. The van der Waals surface area contributed by atoms with Gasteiger partial charge in [0.2, 0.25) is 5.91 Å². The fourth-order valence-corrected chi connectivity index (χ4v) is 5.18. The minimum Gasteiger partial charge on any atom is -0.453 e. The van der Waals surface area contributed by atoms with Crippen molar-refractivity contribution in [1.29, 1.82) is 0 Å². The maximum absolute atomic E-state index is 13.4. The van der Waals surface area contributed by atoms with Crippen LogP contribution in [0.5, 0.6) is 0 Å². The van der Waals surface area contributed by atoms with E-state index < -0.39 is 29.0 Å². The first-order valence-electron chi connectivity index (χ1n) is 14.4. The molecule has 0 saturated heterocycles. The topological polar surface area (TPSA) is 180 Å². The Morgan fingerprint density at radius 3 is 2.52 bits per heavy atom. The SMILES string of the molecule is COC(=O)Nc1ccc(-c2cc(C(Cc3ccccc3)NC(=O)/C=C/c3cc(Cl)ccc3-n3cnnn3)nnc2CCO[SH](=O)=O)cc1. The number of aromatic nitrogens is 6. The van der Waals surface area contributed by atoms with E-state index in [4.69, 9.17) is 15.8 Å². The highest BCUT2D eigenvalue weighted by Crippen LogP contribution is 2.28. The molecule has 1 unspecified atom stereocenters. The van der Waals surface area contributed by atoms with Gasteiger partial charge in [0.15, 0.2) is 0 Å². The summed E-state index contributed by atoms with van der Waals surface area (Å²) in [7, 11) is -1.77. The Hall–Kier alpha value is -5.51. The first kappa shape index (κ1) is 33.8. The molecule has 0 bridgehead atoms. The molecule has 2 aromatic heterocycles. The van der Waals surface area contributed by atoms with E-state index in [0.717, 1.165) is 5.56 Å². The van der Waals surface area contributed by atoms with Crippen molar-refractivity contribution in [2.75, 3.05) is 19.0 Å². The average molecular weight is 689 g/mol. The number of amides is 2. The molecule has 0 spiro atoms. The molecule has 2 N–H and O–H groups in total. The predicted molar refractivity (Wildman–Crippen MR) is 178 cm³/mol. The minimum absolute atomic E-state index is 0.132. The third kappa shape index (κ3) is 9.28. The van der Waals surface area contributed by atoms with Gasteiger partial charge in [-0.3, -0.25) is 14.3 Å². The summed E-state index contributed by atoms with van der Waals surface area (Å²) in [6, 6.07) is 22.8. The van der Waals surface area contributed by atoms with Crippen molar-refractivity contribution >= 4 is 46.3 Å². The largest absolute Gasteiger partial charge is 0.453 e. The van der Waals surface area contributed by atoms with E-state index in [9.17, 15) is 18.0 Å². The van der Waals surface area contributed by atoms with Gasteiger partial charge >= 0.3 is 6.09 Å². The van der Waals surface area contributed by atoms with Gasteiger partial charge in [0.05, 0.1) is 36.8 Å². The van der Waals surface area contributed by atoms with E-state index in [2.05, 4.69) is 41.1 Å². The van der Waals surface area contributed by atoms with Gasteiger partial charge in [-0.25, -0.2) is 13.2 Å². The lowest BCUT2D eigenvalue weighted by Gasteiger charge is -2.19. The zero-order valence-electron chi connectivity index (χ0n) is 25.4. The van der Waals surface area contributed by atoms with Crippen LogP contribution in [0.2, 0.25) is 5.02 Å². The Morgan fingerprint density at radius 2 is 1.81 bits per heavy atom. The normalized spacial score (nSPS) is 11.8. The van der Waals surface area contributed by atoms with E-state index in [1.807, 2.05) is 30.3 Å². The van der Waals surface area contributed by atoms with E-state index in [0.29, 0.717) is 50.9 Å². The molecule has 48 heavy (non-hydrogen) atoms. The zero-order chi connectivity index (χ0) is 33.9. The molecule has 0 aliphatic rings. The standard InChI is InChI=1S/C32H29ClN8O6S/c1-46-32(43)35-25-11-7-22(8-12-25)26-19-29(38-37-27(26)15-16-47-48(44)45)28(17-21-5-3-2-4-6-21)36-31(42)14-9-23-18-24(33)10-13-30(23)41-20-34-39-40-41/h2-14,18-20,28,48H,15-17H2,1H3,(H,35,43)(H,36,42)/b14-9+. The highest BCUT2D eigenvalue weighted by atomic mass is 35.5. The van der Waals surface area contributed by atoms with E-state index in [1.54, 1.807) is 54.6 Å². The van der Waals surface area contributed by atoms with Gasteiger partial charge in [0.1, 0.15) is 6.33 Å². The molecule has 5 rings (SSSR count). The molecule has 0 radical (unpaired) electrons. The van der Waals surface area contributed by atoms with Gasteiger partial charge in [0, 0.05) is 34.3 Å². The highest BCUT2D eigenvalue weighted by Gasteiger charge is 2.20. The second-order valence-electron chi connectivity index (χ2n) is 10.2. The molecule has 2 amide bonds. The number of benzene rings is 3. The number of rotatable bonds is 13. The molecule has 1 atom stereocenters. The molecule has 16 heteroatoms. The number of hydrogen-bond acceptors (Lipinski definition) is 11. The lowest BCUT2D eigenvalue weighted by Crippen LogP contribution is -2.29. The summed E-state index contributed by atoms with van der Waals surface area (Å²) in [5, 5.41) is 26.3. The summed E-state index contributed by atoms with van der Waals surface area (Å²) in [6.45, 7) is -0.132. The Morgan fingerprint density at radius 1 is 1.02 bits per heavy atom. The van der Waals surface area contributed by atoms with Crippen molar-refractivity contribution in [2.45, 2.75) is 18.9 Å². The Labute approximate surface area is 281 Å². The lowest BCUT2D eigenvalue weighted by molar-refractivity contribution is -0.117. The fraction of sp³-hybridized carbons (Fsp3) is 0.156. The van der Waals surface area contributed by atoms with Gasteiger partial charge in [-0.2, -0.15) is 14.9 Å². The monoisotopic (exact) mass is 688 g/mol. The van der Waals surface area contributed by atoms with Crippen LogP contribution in [0.1, 0.15) is 28.6 Å². The minimum atomic E-state index is -3.04. The number of tetrazole rings is 1. The molecule has 0 aliphatic heterocycles. The molecule has 0 aliphatic carbocycles. The van der Waals surface area contributed by atoms with Crippen LogP contribution in [0.3, 0.4) is 0 Å². The van der Waals surface area contributed by atoms with Crippen LogP contribution >= 0.6 is 11.6 Å². The van der Waals surface area contributed by atoms with Crippen molar-refractivity contribution in [2.24, 2.45) is 0 Å². The second-order valence-corrected chi connectivity index (χ2v) is 11.3. The summed E-state index contributed by atoms with van der Waals surface area (Å²) < 4.78 is 32.9. The van der Waals surface area contributed by atoms with Gasteiger partial charge < -0.3 is 10.1 Å². The first-order valence-corrected chi connectivity index (χ1v) is 15.9. The number of carbonyl (C=O) groups is 2. The molecule has 2 heterocycles. The van der Waals surface area contributed by atoms with Gasteiger partial charge in [-0.15, -0.1) is 5.10 Å². The van der Waals surface area contributed by atoms with Crippen LogP contribution in [0.15, 0.2) is 91.3 Å². The van der Waals surface area contributed by atoms with Crippen molar-refractivity contribution in [3.05, 3.63) is 119 Å². The third-order valence-electron chi connectivity index (χ3n) is 7.01. The quantitative estimate of drug-likeness (QED) is 0.119. The third-order valence-corrected chi connectivity index (χ3v) is 7.64. The van der Waals surface area contributed by atoms with Crippen LogP contribution in [-0.4, -0.2) is 64.5 Å². The number of carbonyl (C=O) groups excluding carboxylic acids is 2. The number of nitrogens with one attached hydrogen (secondary N) is 2. The van der Waals surface area contributed by atoms with E-state index >= 15 is 0 Å². The van der Waals surface area contributed by atoms with Crippen molar-refractivity contribution in [3.8, 4) is 16.8 Å². The maximum atomic E-state index is 13.4. The Kier molecular flexibility index (Phi) is 11.5. The molecule has 14 nitrogen and oxygen atoms in total. The zero-order valence-corrected chi connectivity index (χ0v) is 27.0. The van der Waals surface area contributed by atoms with Crippen LogP contribution in [-0.2, 0) is 37.5 Å². The summed E-state index contributed by atoms with van der Waals surface area (Å²) in [5.41, 5.74) is 4.98. The van der Waals surface area contributed by atoms with E-state index in [-0.39, 0.29) is 13.0 Å². The Balaban J connectivity index is 1.47. The molecule has 0 fully saturated rings. The summed E-state index contributed by atoms with van der Waals surface area (Å²) in [5.74, 6) is -0.406. The fourth-order valence-electron chi connectivity index (χ4n) is 4.76. The maximum Gasteiger partial charge on any atom is 0.411 e. The molecular weight excluding hydrogens is 660 g/mol. The van der Waals surface area contributed by atoms with Crippen molar-refractivity contribution < 1.29 is 26.9 Å². The van der Waals surface area contributed by atoms with Crippen LogP contribution in [0.25, 0.3) is 22.9 Å². The van der Waals surface area contributed by atoms with Gasteiger partial charge in [0.25, 0.3) is 11.0 Å². The number of thiol groups is 1. The summed E-state index contributed by atoms with van der Waals surface area (Å²) in [6.07, 6.45) is 4.36. The smallest absolute Gasteiger partial charge is 0.411 e. The summed E-state index contributed by atoms with van der Waals surface area (Å²) >= 11 is 6.24. The number of anilines is 1. The Bertz CT molecular complexity index is 1960. The highest BCUT2D eigenvalue weighted by molar-refractivity contribution is 7.67. The number of hydrogen-bond donors (Lipinski definition) is 3. The molecular formula is C32H29ClN8O6S. The molecule has 3 aromatic carbocycles.